The van der Waals surface area contributed by atoms with Gasteiger partial charge in [-0.1, -0.05) is 0 Å². The standard InChI is InChI=1S/C9H10S/c1-2-8-6(1)3-7-4-10-5-9(7)8/h4-6,8H,1-3H2. The first-order valence-corrected chi connectivity index (χ1v) is 4.94. The Morgan fingerprint density at radius 3 is 3.10 bits per heavy atom. The van der Waals surface area contributed by atoms with E-state index in [1.165, 1.54) is 19.3 Å². The molecule has 1 heterocycles. The third-order valence-corrected chi connectivity index (χ3v) is 3.89. The Morgan fingerprint density at radius 1 is 1.30 bits per heavy atom. The molecule has 3 rings (SSSR count). The zero-order valence-corrected chi connectivity index (χ0v) is 6.66. The molecular weight excluding hydrogens is 140 g/mol. The molecule has 0 aliphatic heterocycles. The van der Waals surface area contributed by atoms with Gasteiger partial charge in [0.15, 0.2) is 0 Å². The highest BCUT2D eigenvalue weighted by Gasteiger charge is 2.39. The van der Waals surface area contributed by atoms with E-state index in [0.717, 1.165) is 11.8 Å². The van der Waals surface area contributed by atoms with Gasteiger partial charge in [0.2, 0.25) is 0 Å². The molecule has 0 saturated heterocycles. The van der Waals surface area contributed by atoms with Crippen molar-refractivity contribution in [2.24, 2.45) is 5.92 Å². The molecule has 0 nitrogen and oxygen atoms in total. The van der Waals surface area contributed by atoms with E-state index in [4.69, 9.17) is 0 Å². The van der Waals surface area contributed by atoms with Crippen LogP contribution in [0, 0.1) is 5.92 Å². The van der Waals surface area contributed by atoms with Crippen molar-refractivity contribution in [3.63, 3.8) is 0 Å². The van der Waals surface area contributed by atoms with Crippen molar-refractivity contribution in [1.29, 1.82) is 0 Å². The Hall–Kier alpha value is -0.300. The SMILES string of the molecule is c1scc2c1CC1CCC21. The van der Waals surface area contributed by atoms with Crippen molar-refractivity contribution in [3.8, 4) is 0 Å². The molecule has 2 aliphatic carbocycles. The molecular formula is C9H10S. The van der Waals surface area contributed by atoms with Gasteiger partial charge in [-0.2, -0.15) is 11.3 Å². The van der Waals surface area contributed by atoms with Gasteiger partial charge in [-0.05, 0) is 53.0 Å². The summed E-state index contributed by atoms with van der Waals surface area (Å²) in [6.45, 7) is 0. The Labute approximate surface area is 64.9 Å². The fourth-order valence-corrected chi connectivity index (χ4v) is 3.27. The lowest BCUT2D eigenvalue weighted by Crippen LogP contribution is -2.18. The van der Waals surface area contributed by atoms with Crippen LogP contribution in [-0.4, -0.2) is 0 Å². The molecule has 1 aromatic rings. The summed E-state index contributed by atoms with van der Waals surface area (Å²) in [6, 6.07) is 0. The molecule has 52 valence electrons. The molecule has 2 atom stereocenters. The van der Waals surface area contributed by atoms with Gasteiger partial charge < -0.3 is 0 Å². The average Bonchev–Trinajstić information content (AvgIpc) is 2.35. The van der Waals surface area contributed by atoms with Crippen LogP contribution in [0.2, 0.25) is 0 Å². The van der Waals surface area contributed by atoms with Gasteiger partial charge in [-0.15, -0.1) is 0 Å². The van der Waals surface area contributed by atoms with Crippen LogP contribution in [0.4, 0.5) is 0 Å². The van der Waals surface area contributed by atoms with E-state index in [1.54, 1.807) is 11.1 Å². The second-order valence-corrected chi connectivity index (χ2v) is 4.24. The molecule has 1 saturated carbocycles. The van der Waals surface area contributed by atoms with Crippen molar-refractivity contribution in [1.82, 2.24) is 0 Å². The van der Waals surface area contributed by atoms with Gasteiger partial charge in [0.1, 0.15) is 0 Å². The molecule has 10 heavy (non-hydrogen) atoms. The normalized spacial score (nSPS) is 34.8. The Kier molecular flexibility index (Phi) is 0.883. The second kappa shape index (κ2) is 1.65. The lowest BCUT2D eigenvalue weighted by molar-refractivity contribution is 0.281. The van der Waals surface area contributed by atoms with E-state index in [-0.39, 0.29) is 0 Å². The van der Waals surface area contributed by atoms with Crippen molar-refractivity contribution < 1.29 is 0 Å². The van der Waals surface area contributed by atoms with Gasteiger partial charge in [0.25, 0.3) is 0 Å². The molecule has 2 aliphatic rings. The van der Waals surface area contributed by atoms with E-state index in [9.17, 15) is 0 Å². The largest absolute Gasteiger partial charge is 0.152 e. The van der Waals surface area contributed by atoms with E-state index < -0.39 is 0 Å². The summed E-state index contributed by atoms with van der Waals surface area (Å²) in [5.74, 6) is 2.04. The minimum absolute atomic E-state index is 0.987. The molecule has 0 bridgehead atoms. The van der Waals surface area contributed by atoms with Crippen LogP contribution in [0.15, 0.2) is 10.8 Å². The minimum Gasteiger partial charge on any atom is -0.152 e. The van der Waals surface area contributed by atoms with Gasteiger partial charge >= 0.3 is 0 Å². The average molecular weight is 150 g/mol. The number of thiophene rings is 1. The van der Waals surface area contributed by atoms with Crippen LogP contribution in [0.25, 0.3) is 0 Å². The summed E-state index contributed by atoms with van der Waals surface area (Å²) in [4.78, 5) is 0. The summed E-state index contributed by atoms with van der Waals surface area (Å²) in [7, 11) is 0. The number of hydrogen-bond acceptors (Lipinski definition) is 1. The smallest absolute Gasteiger partial charge is 0.00555 e. The molecule has 1 aromatic heterocycles. The Morgan fingerprint density at radius 2 is 2.30 bits per heavy atom. The maximum Gasteiger partial charge on any atom is -0.00555 e. The van der Waals surface area contributed by atoms with Crippen LogP contribution >= 0.6 is 11.3 Å². The lowest BCUT2D eigenvalue weighted by atomic mass is 9.75. The monoisotopic (exact) mass is 150 g/mol. The van der Waals surface area contributed by atoms with Crippen LogP contribution in [0.5, 0.6) is 0 Å². The highest BCUT2D eigenvalue weighted by Crippen LogP contribution is 2.51. The summed E-state index contributed by atoms with van der Waals surface area (Å²) >= 11 is 1.88. The third kappa shape index (κ3) is 0.485. The van der Waals surface area contributed by atoms with Crippen LogP contribution < -0.4 is 0 Å². The van der Waals surface area contributed by atoms with E-state index >= 15 is 0 Å². The van der Waals surface area contributed by atoms with Crippen molar-refractivity contribution >= 4 is 11.3 Å². The molecule has 0 spiro atoms. The fourth-order valence-electron chi connectivity index (χ4n) is 2.33. The molecule has 1 fully saturated rings. The molecule has 0 N–H and O–H groups in total. The zero-order chi connectivity index (χ0) is 6.55. The quantitative estimate of drug-likeness (QED) is 0.533. The summed E-state index contributed by atoms with van der Waals surface area (Å²) in [5.41, 5.74) is 3.36. The Bertz CT molecular complexity index is 261. The molecule has 2 unspecified atom stereocenters. The van der Waals surface area contributed by atoms with Gasteiger partial charge in [-0.25, -0.2) is 0 Å². The molecule has 0 aromatic carbocycles. The van der Waals surface area contributed by atoms with Crippen molar-refractivity contribution in [2.45, 2.75) is 25.2 Å². The van der Waals surface area contributed by atoms with Gasteiger partial charge in [0, 0.05) is 0 Å². The lowest BCUT2D eigenvalue weighted by Gasteiger charge is -2.30. The zero-order valence-electron chi connectivity index (χ0n) is 5.84. The second-order valence-electron chi connectivity index (χ2n) is 3.50. The first kappa shape index (κ1) is 5.36. The maximum atomic E-state index is 2.36. The maximum absolute atomic E-state index is 2.36. The van der Waals surface area contributed by atoms with Crippen LogP contribution in [0.1, 0.15) is 29.9 Å². The number of hydrogen-bond donors (Lipinski definition) is 0. The predicted octanol–water partition coefficient (Wildman–Crippen LogP) is 2.80. The summed E-state index contributed by atoms with van der Waals surface area (Å²) in [6.07, 6.45) is 4.35. The predicted molar refractivity (Wildman–Crippen MR) is 43.5 cm³/mol. The van der Waals surface area contributed by atoms with Gasteiger partial charge in [0.05, 0.1) is 0 Å². The third-order valence-electron chi connectivity index (χ3n) is 3.08. The summed E-state index contributed by atoms with van der Waals surface area (Å²) in [5, 5.41) is 4.70. The first-order chi connectivity index (χ1) is 4.95. The van der Waals surface area contributed by atoms with Crippen LogP contribution in [-0.2, 0) is 6.42 Å². The number of fused-ring (bicyclic) bond motifs is 3. The molecule has 0 radical (unpaired) electrons. The first-order valence-electron chi connectivity index (χ1n) is 4.00. The minimum atomic E-state index is 0.987. The summed E-state index contributed by atoms with van der Waals surface area (Å²) < 4.78 is 0. The Balaban J connectivity index is 2.13. The van der Waals surface area contributed by atoms with Crippen molar-refractivity contribution in [2.75, 3.05) is 0 Å². The van der Waals surface area contributed by atoms with Gasteiger partial charge in [-0.3, -0.25) is 0 Å². The molecule has 1 heteroatoms. The highest BCUT2D eigenvalue weighted by molar-refractivity contribution is 7.08. The van der Waals surface area contributed by atoms with Crippen molar-refractivity contribution in [3.05, 3.63) is 21.9 Å². The highest BCUT2D eigenvalue weighted by atomic mass is 32.1. The number of rotatable bonds is 0. The van der Waals surface area contributed by atoms with E-state index in [0.29, 0.717) is 0 Å². The topological polar surface area (TPSA) is 0 Å². The molecule has 0 amide bonds. The van der Waals surface area contributed by atoms with E-state index in [2.05, 4.69) is 10.8 Å². The van der Waals surface area contributed by atoms with Crippen LogP contribution in [0.3, 0.4) is 0 Å². The fraction of sp³-hybridized carbons (Fsp3) is 0.556. The van der Waals surface area contributed by atoms with E-state index in [1.807, 2.05) is 11.3 Å².